The van der Waals surface area contributed by atoms with Gasteiger partial charge in [-0.25, -0.2) is 4.79 Å². The highest BCUT2D eigenvalue weighted by Crippen LogP contribution is 2.26. The van der Waals surface area contributed by atoms with Crippen molar-refractivity contribution >= 4 is 67.7 Å². The molecule has 1 rings (SSSR count). The SMILES string of the molecule is CC(C)(Br)C(=O)OCC(C)(COC(=O)C(C)(C)Br)C(=O)OCCOC(=O)ON1C(=O)CCC1=O. The average Bonchev–Trinajstić information content (AvgIpc) is 3.03. The van der Waals surface area contributed by atoms with Crippen molar-refractivity contribution in [2.75, 3.05) is 26.4 Å². The van der Waals surface area contributed by atoms with Gasteiger partial charge in [-0.2, -0.15) is 0 Å². The van der Waals surface area contributed by atoms with E-state index in [-0.39, 0.29) is 12.8 Å². The Morgan fingerprint density at radius 3 is 1.56 bits per heavy atom. The van der Waals surface area contributed by atoms with Crippen LogP contribution in [0.25, 0.3) is 0 Å². The molecule has 12 nitrogen and oxygen atoms in total. The lowest BCUT2D eigenvalue weighted by Crippen LogP contribution is -2.43. The highest BCUT2D eigenvalue weighted by atomic mass is 79.9. The first kappa shape index (κ1) is 29.8. The first-order valence-corrected chi connectivity index (χ1v) is 11.7. The third-order valence-electron chi connectivity index (χ3n) is 4.22. The van der Waals surface area contributed by atoms with Crippen LogP contribution in [0.3, 0.4) is 0 Å². The van der Waals surface area contributed by atoms with Gasteiger partial charge in [-0.1, -0.05) is 36.9 Å². The highest BCUT2D eigenvalue weighted by molar-refractivity contribution is 9.10. The molecule has 0 bridgehead atoms. The number of amides is 2. The Labute approximate surface area is 213 Å². The number of esters is 3. The third-order valence-corrected chi connectivity index (χ3v) is 4.86. The number of carbonyl (C=O) groups excluding carboxylic acids is 6. The molecule has 34 heavy (non-hydrogen) atoms. The predicted molar refractivity (Wildman–Crippen MR) is 121 cm³/mol. The zero-order valence-electron chi connectivity index (χ0n) is 19.4. The van der Waals surface area contributed by atoms with Crippen LogP contribution in [0.4, 0.5) is 4.79 Å². The quantitative estimate of drug-likeness (QED) is 0.110. The second-order valence-corrected chi connectivity index (χ2v) is 12.5. The van der Waals surface area contributed by atoms with Crippen LogP contribution < -0.4 is 0 Å². The van der Waals surface area contributed by atoms with Crippen LogP contribution in [-0.4, -0.2) is 76.0 Å². The van der Waals surface area contributed by atoms with Crippen LogP contribution in [0, 0.1) is 5.41 Å². The van der Waals surface area contributed by atoms with Crippen molar-refractivity contribution in [3.05, 3.63) is 0 Å². The standard InChI is InChI=1S/C20H27Br2NO11/c1-18(2,21)14(26)32-10-20(5,11-33-15(27)19(3,4)22)16(28)30-8-9-31-17(29)34-23-12(24)6-7-13(23)25/h6-11H2,1-5H3. The normalized spacial score (nSPS) is 14.5. The maximum Gasteiger partial charge on any atom is 0.534 e. The van der Waals surface area contributed by atoms with Crippen LogP contribution in [0.2, 0.25) is 0 Å². The van der Waals surface area contributed by atoms with Crippen molar-refractivity contribution < 1.29 is 52.6 Å². The van der Waals surface area contributed by atoms with Gasteiger partial charge in [-0.3, -0.25) is 28.8 Å². The number of alkyl halides is 2. The molecule has 1 aliphatic heterocycles. The van der Waals surface area contributed by atoms with Crippen LogP contribution >= 0.6 is 31.9 Å². The molecule has 0 aromatic rings. The van der Waals surface area contributed by atoms with Crippen molar-refractivity contribution in [1.29, 1.82) is 0 Å². The number of rotatable bonds is 11. The lowest BCUT2D eigenvalue weighted by Gasteiger charge is -2.28. The van der Waals surface area contributed by atoms with E-state index in [9.17, 15) is 28.8 Å². The minimum absolute atomic E-state index is 0.0734. The largest absolute Gasteiger partial charge is 0.534 e. The van der Waals surface area contributed by atoms with Gasteiger partial charge in [0.1, 0.15) is 40.5 Å². The predicted octanol–water partition coefficient (Wildman–Crippen LogP) is 2.19. The van der Waals surface area contributed by atoms with E-state index >= 15 is 0 Å². The summed E-state index contributed by atoms with van der Waals surface area (Å²) >= 11 is 6.30. The number of nitrogens with zero attached hydrogens (tertiary/aromatic N) is 1. The summed E-state index contributed by atoms with van der Waals surface area (Å²) in [6.45, 7) is 5.78. The Morgan fingerprint density at radius 2 is 1.15 bits per heavy atom. The Kier molecular flexibility index (Phi) is 10.5. The summed E-state index contributed by atoms with van der Waals surface area (Å²) in [5.41, 5.74) is -1.57. The van der Waals surface area contributed by atoms with Gasteiger partial charge in [0.05, 0.1) is 0 Å². The summed E-state index contributed by atoms with van der Waals surface area (Å²) in [5, 5.41) is 0.310. The number of halogens is 2. The van der Waals surface area contributed by atoms with E-state index in [4.69, 9.17) is 14.2 Å². The third kappa shape index (κ3) is 9.20. The van der Waals surface area contributed by atoms with Gasteiger partial charge in [0, 0.05) is 12.8 Å². The van der Waals surface area contributed by atoms with E-state index in [0.717, 1.165) is 0 Å². The molecule has 192 valence electrons. The monoisotopic (exact) mass is 615 g/mol. The number of hydroxylamine groups is 2. The minimum atomic E-state index is -1.57. The second-order valence-electron chi connectivity index (χ2n) is 8.57. The van der Waals surface area contributed by atoms with Gasteiger partial charge < -0.3 is 18.9 Å². The Balaban J connectivity index is 2.66. The van der Waals surface area contributed by atoms with E-state index in [1.54, 1.807) is 27.7 Å². The summed E-state index contributed by atoms with van der Waals surface area (Å²) in [6.07, 6.45) is -1.48. The van der Waals surface area contributed by atoms with E-state index < -0.39 is 76.4 Å². The van der Waals surface area contributed by atoms with Gasteiger partial charge in [-0.05, 0) is 34.6 Å². The van der Waals surface area contributed by atoms with E-state index in [2.05, 4.69) is 41.4 Å². The van der Waals surface area contributed by atoms with Crippen molar-refractivity contribution in [2.45, 2.75) is 56.1 Å². The molecule has 1 fully saturated rings. The molecule has 0 aromatic carbocycles. The molecular weight excluding hydrogens is 590 g/mol. The van der Waals surface area contributed by atoms with Crippen molar-refractivity contribution in [2.24, 2.45) is 5.41 Å². The zero-order chi connectivity index (χ0) is 26.3. The first-order valence-electron chi connectivity index (χ1n) is 10.1. The number of imide groups is 1. The number of ether oxygens (including phenoxy) is 4. The van der Waals surface area contributed by atoms with E-state index in [1.807, 2.05) is 0 Å². The number of carbonyl (C=O) groups is 6. The minimum Gasteiger partial charge on any atom is -0.463 e. The molecule has 1 heterocycles. The maximum absolute atomic E-state index is 12.7. The summed E-state index contributed by atoms with van der Waals surface area (Å²) in [5.74, 6) is -3.56. The summed E-state index contributed by atoms with van der Waals surface area (Å²) in [6, 6.07) is 0. The van der Waals surface area contributed by atoms with E-state index in [0.29, 0.717) is 5.06 Å². The van der Waals surface area contributed by atoms with Crippen LogP contribution in [0.1, 0.15) is 47.5 Å². The topological polar surface area (TPSA) is 152 Å². The fourth-order valence-corrected chi connectivity index (χ4v) is 2.37. The summed E-state index contributed by atoms with van der Waals surface area (Å²) in [4.78, 5) is 75.9. The molecule has 1 aliphatic rings. The average molecular weight is 617 g/mol. The Morgan fingerprint density at radius 1 is 0.735 bits per heavy atom. The lowest BCUT2D eigenvalue weighted by molar-refractivity contribution is -0.178. The van der Waals surface area contributed by atoms with Crippen molar-refractivity contribution in [3.8, 4) is 0 Å². The van der Waals surface area contributed by atoms with Gasteiger partial charge in [0.2, 0.25) is 0 Å². The fraction of sp³-hybridized carbons (Fsp3) is 0.700. The smallest absolute Gasteiger partial charge is 0.463 e. The molecule has 2 amide bonds. The number of hydrogen-bond donors (Lipinski definition) is 0. The van der Waals surface area contributed by atoms with Crippen LogP contribution in [0.15, 0.2) is 0 Å². The molecule has 0 spiro atoms. The highest BCUT2D eigenvalue weighted by Gasteiger charge is 2.41. The molecule has 0 radical (unpaired) electrons. The molecule has 14 heteroatoms. The van der Waals surface area contributed by atoms with Gasteiger partial charge in [0.15, 0.2) is 0 Å². The Bertz CT molecular complexity index is 783. The summed E-state index contributed by atoms with van der Waals surface area (Å²) < 4.78 is 18.1. The van der Waals surface area contributed by atoms with Crippen LogP contribution in [-0.2, 0) is 47.8 Å². The first-order chi connectivity index (χ1) is 15.5. The molecule has 1 saturated heterocycles. The summed E-state index contributed by atoms with van der Waals surface area (Å²) in [7, 11) is 0. The lowest BCUT2D eigenvalue weighted by atomic mass is 9.93. The molecule has 0 aromatic heterocycles. The van der Waals surface area contributed by atoms with Crippen LogP contribution in [0.5, 0.6) is 0 Å². The Hall–Kier alpha value is -2.22. The molecule has 0 atom stereocenters. The molecule has 0 N–H and O–H groups in total. The molecular formula is C20H27Br2NO11. The van der Waals surface area contributed by atoms with Gasteiger partial charge >= 0.3 is 24.1 Å². The molecule has 0 unspecified atom stereocenters. The second kappa shape index (κ2) is 12.0. The van der Waals surface area contributed by atoms with E-state index in [1.165, 1.54) is 6.92 Å². The van der Waals surface area contributed by atoms with Gasteiger partial charge in [0.25, 0.3) is 11.8 Å². The molecule has 0 aliphatic carbocycles. The number of hydrogen-bond acceptors (Lipinski definition) is 11. The fourth-order valence-electron chi connectivity index (χ4n) is 2.14. The molecule has 0 saturated carbocycles. The van der Waals surface area contributed by atoms with Crippen molar-refractivity contribution in [1.82, 2.24) is 5.06 Å². The zero-order valence-corrected chi connectivity index (χ0v) is 22.6. The van der Waals surface area contributed by atoms with Gasteiger partial charge in [-0.15, -0.1) is 0 Å². The van der Waals surface area contributed by atoms with Crippen molar-refractivity contribution in [3.63, 3.8) is 0 Å². The maximum atomic E-state index is 12.7.